The molecule has 122 valence electrons. The summed E-state index contributed by atoms with van der Waals surface area (Å²) in [6.45, 7) is 3.67. The van der Waals surface area contributed by atoms with E-state index >= 15 is 0 Å². The SMILES string of the molecule is C=C1NNC(=O)C1CC(=O)NN=Cc1cc(OC)ccc1OC. The number of amides is 2. The van der Waals surface area contributed by atoms with Gasteiger partial charge in [0.2, 0.25) is 11.8 Å². The molecule has 2 rings (SSSR count). The van der Waals surface area contributed by atoms with Crippen LogP contribution in [0.3, 0.4) is 0 Å². The van der Waals surface area contributed by atoms with Crippen molar-refractivity contribution in [2.75, 3.05) is 14.2 Å². The van der Waals surface area contributed by atoms with Gasteiger partial charge in [0.1, 0.15) is 11.5 Å². The van der Waals surface area contributed by atoms with Crippen molar-refractivity contribution in [3.63, 3.8) is 0 Å². The summed E-state index contributed by atoms with van der Waals surface area (Å²) in [7, 11) is 3.09. The third kappa shape index (κ3) is 4.00. The fourth-order valence-corrected chi connectivity index (χ4v) is 2.04. The average Bonchev–Trinajstić information content (AvgIpc) is 2.86. The van der Waals surface area contributed by atoms with Crippen molar-refractivity contribution in [1.82, 2.24) is 16.3 Å². The first kappa shape index (κ1) is 16.3. The fraction of sp³-hybridized carbons (Fsp3) is 0.267. The molecule has 8 nitrogen and oxygen atoms in total. The fourth-order valence-electron chi connectivity index (χ4n) is 2.04. The lowest BCUT2D eigenvalue weighted by Gasteiger charge is -2.07. The van der Waals surface area contributed by atoms with Gasteiger partial charge in [-0.3, -0.25) is 15.0 Å². The standard InChI is InChI=1S/C15H18N4O4/c1-9-12(15(21)19-17-9)7-14(20)18-16-8-10-6-11(22-2)4-5-13(10)23-3/h4-6,8,12,17H,1,7H2,2-3H3,(H,18,20)(H,19,21). The largest absolute Gasteiger partial charge is 0.497 e. The molecule has 0 aromatic heterocycles. The second-order valence-electron chi connectivity index (χ2n) is 4.80. The maximum Gasteiger partial charge on any atom is 0.247 e. The smallest absolute Gasteiger partial charge is 0.247 e. The Hall–Kier alpha value is -3.03. The minimum atomic E-state index is -0.600. The zero-order valence-corrected chi connectivity index (χ0v) is 12.9. The van der Waals surface area contributed by atoms with Crippen LogP contribution >= 0.6 is 0 Å². The molecule has 1 saturated heterocycles. The molecule has 1 unspecified atom stereocenters. The molecule has 23 heavy (non-hydrogen) atoms. The number of benzene rings is 1. The number of rotatable bonds is 6. The zero-order chi connectivity index (χ0) is 16.8. The summed E-state index contributed by atoms with van der Waals surface area (Å²) < 4.78 is 10.3. The monoisotopic (exact) mass is 318 g/mol. The van der Waals surface area contributed by atoms with E-state index in [-0.39, 0.29) is 12.3 Å². The predicted octanol–water partition coefficient (Wildman–Crippen LogP) is 0.308. The highest BCUT2D eigenvalue weighted by Gasteiger charge is 2.29. The quantitative estimate of drug-likeness (QED) is 0.517. The number of ether oxygens (including phenoxy) is 2. The minimum Gasteiger partial charge on any atom is -0.497 e. The molecule has 1 aliphatic rings. The number of nitrogens with zero attached hydrogens (tertiary/aromatic N) is 1. The molecular weight excluding hydrogens is 300 g/mol. The summed E-state index contributed by atoms with van der Waals surface area (Å²) in [5, 5.41) is 3.88. The molecule has 1 aliphatic heterocycles. The second kappa shape index (κ2) is 7.30. The molecule has 0 spiro atoms. The number of methoxy groups -OCH3 is 2. The molecule has 2 amide bonds. The van der Waals surface area contributed by atoms with Gasteiger partial charge in [-0.2, -0.15) is 5.10 Å². The van der Waals surface area contributed by atoms with Crippen LogP contribution in [0, 0.1) is 5.92 Å². The van der Waals surface area contributed by atoms with E-state index < -0.39 is 11.8 Å². The molecule has 1 heterocycles. The van der Waals surface area contributed by atoms with Gasteiger partial charge in [-0.1, -0.05) is 6.58 Å². The normalized spacial score (nSPS) is 16.9. The maximum absolute atomic E-state index is 11.8. The van der Waals surface area contributed by atoms with Crippen molar-refractivity contribution in [3.8, 4) is 11.5 Å². The van der Waals surface area contributed by atoms with Gasteiger partial charge in [0.05, 0.1) is 26.4 Å². The number of hydrazone groups is 1. The van der Waals surface area contributed by atoms with E-state index in [0.29, 0.717) is 22.8 Å². The highest BCUT2D eigenvalue weighted by atomic mass is 16.5. The summed E-state index contributed by atoms with van der Waals surface area (Å²) in [6.07, 6.45) is 1.41. The number of hydrogen-bond donors (Lipinski definition) is 3. The van der Waals surface area contributed by atoms with Crippen molar-refractivity contribution in [1.29, 1.82) is 0 Å². The lowest BCUT2D eigenvalue weighted by Crippen LogP contribution is -2.27. The third-order valence-electron chi connectivity index (χ3n) is 3.30. The van der Waals surface area contributed by atoms with E-state index in [1.54, 1.807) is 25.3 Å². The van der Waals surface area contributed by atoms with E-state index in [9.17, 15) is 9.59 Å². The Kier molecular flexibility index (Phi) is 5.19. The van der Waals surface area contributed by atoms with Gasteiger partial charge in [0.15, 0.2) is 0 Å². The van der Waals surface area contributed by atoms with Gasteiger partial charge in [-0.25, -0.2) is 5.43 Å². The van der Waals surface area contributed by atoms with E-state index in [1.165, 1.54) is 13.3 Å². The van der Waals surface area contributed by atoms with Gasteiger partial charge in [-0.15, -0.1) is 0 Å². The van der Waals surface area contributed by atoms with E-state index in [2.05, 4.69) is 28.0 Å². The Morgan fingerprint density at radius 2 is 2.17 bits per heavy atom. The third-order valence-corrected chi connectivity index (χ3v) is 3.30. The molecule has 1 fully saturated rings. The molecule has 1 aromatic carbocycles. The van der Waals surface area contributed by atoms with Crippen LogP contribution in [0.2, 0.25) is 0 Å². The van der Waals surface area contributed by atoms with Gasteiger partial charge in [0, 0.05) is 17.7 Å². The minimum absolute atomic E-state index is 0.0374. The molecule has 0 aliphatic carbocycles. The van der Waals surface area contributed by atoms with E-state index in [4.69, 9.17) is 9.47 Å². The van der Waals surface area contributed by atoms with Crippen LogP contribution in [-0.2, 0) is 9.59 Å². The first-order chi connectivity index (χ1) is 11.0. The Morgan fingerprint density at radius 3 is 2.78 bits per heavy atom. The van der Waals surface area contributed by atoms with Crippen LogP contribution in [0.25, 0.3) is 0 Å². The van der Waals surface area contributed by atoms with Gasteiger partial charge in [-0.05, 0) is 18.2 Å². The topological polar surface area (TPSA) is 101 Å². The Bertz CT molecular complexity index is 641. The van der Waals surface area contributed by atoms with Gasteiger partial charge < -0.3 is 14.9 Å². The molecule has 0 saturated carbocycles. The summed E-state index contributed by atoms with van der Waals surface area (Å²) in [5.74, 6) is -0.0478. The molecular formula is C15H18N4O4. The number of hydrogen-bond acceptors (Lipinski definition) is 6. The number of hydrazine groups is 1. The van der Waals surface area contributed by atoms with Crippen molar-refractivity contribution in [2.45, 2.75) is 6.42 Å². The van der Waals surface area contributed by atoms with Crippen molar-refractivity contribution in [3.05, 3.63) is 36.0 Å². The van der Waals surface area contributed by atoms with Crippen LogP contribution in [-0.4, -0.2) is 32.2 Å². The summed E-state index contributed by atoms with van der Waals surface area (Å²) in [5.41, 5.74) is 8.47. The molecule has 8 heteroatoms. The number of carbonyl (C=O) groups is 2. The molecule has 1 aromatic rings. The molecule has 1 atom stereocenters. The maximum atomic E-state index is 11.8. The van der Waals surface area contributed by atoms with E-state index in [1.807, 2.05) is 0 Å². The van der Waals surface area contributed by atoms with Crippen molar-refractivity contribution in [2.24, 2.45) is 11.0 Å². The summed E-state index contributed by atoms with van der Waals surface area (Å²) >= 11 is 0. The Labute approximate surface area is 133 Å². The average molecular weight is 318 g/mol. The summed E-state index contributed by atoms with van der Waals surface area (Å²) in [4.78, 5) is 23.3. The Balaban J connectivity index is 1.97. The summed E-state index contributed by atoms with van der Waals surface area (Å²) in [6, 6.07) is 5.22. The highest BCUT2D eigenvalue weighted by Crippen LogP contribution is 2.22. The zero-order valence-electron chi connectivity index (χ0n) is 12.9. The molecule has 0 radical (unpaired) electrons. The second-order valence-corrected chi connectivity index (χ2v) is 4.80. The van der Waals surface area contributed by atoms with E-state index in [0.717, 1.165) is 0 Å². The van der Waals surface area contributed by atoms with Crippen LogP contribution < -0.4 is 25.8 Å². The lowest BCUT2D eigenvalue weighted by molar-refractivity contribution is -0.127. The number of nitrogens with one attached hydrogen (secondary N) is 3. The predicted molar refractivity (Wildman–Crippen MR) is 83.8 cm³/mol. The first-order valence-electron chi connectivity index (χ1n) is 6.83. The van der Waals surface area contributed by atoms with Gasteiger partial charge >= 0.3 is 0 Å². The lowest BCUT2D eigenvalue weighted by atomic mass is 10.0. The Morgan fingerprint density at radius 1 is 1.39 bits per heavy atom. The van der Waals surface area contributed by atoms with Crippen molar-refractivity contribution < 1.29 is 19.1 Å². The van der Waals surface area contributed by atoms with Gasteiger partial charge in [0.25, 0.3) is 0 Å². The highest BCUT2D eigenvalue weighted by molar-refractivity contribution is 5.90. The van der Waals surface area contributed by atoms with Crippen LogP contribution in [0.15, 0.2) is 35.6 Å². The molecule has 3 N–H and O–H groups in total. The molecule has 0 bridgehead atoms. The van der Waals surface area contributed by atoms with Crippen LogP contribution in [0.5, 0.6) is 11.5 Å². The first-order valence-corrected chi connectivity index (χ1v) is 6.83. The van der Waals surface area contributed by atoms with Crippen molar-refractivity contribution >= 4 is 18.0 Å². The number of carbonyl (C=O) groups excluding carboxylic acids is 2. The van der Waals surface area contributed by atoms with Crippen LogP contribution in [0.4, 0.5) is 0 Å². The van der Waals surface area contributed by atoms with Crippen LogP contribution in [0.1, 0.15) is 12.0 Å².